The molecule has 1 aliphatic rings. The zero-order chi connectivity index (χ0) is 15.9. The topological polar surface area (TPSA) is 85.3 Å². The highest BCUT2D eigenvalue weighted by Crippen LogP contribution is 2.39. The number of carbonyl (C=O) groups is 2. The lowest BCUT2D eigenvalue weighted by Crippen LogP contribution is -2.19. The van der Waals surface area contributed by atoms with Crippen LogP contribution in [0.1, 0.15) is 44.7 Å². The summed E-state index contributed by atoms with van der Waals surface area (Å²) in [6.45, 7) is 2.19. The highest BCUT2D eigenvalue weighted by molar-refractivity contribution is 9.10. The van der Waals surface area contributed by atoms with Gasteiger partial charge in [0.25, 0.3) is 11.8 Å². The van der Waals surface area contributed by atoms with E-state index in [1.165, 1.54) is 11.3 Å². The number of furan rings is 1. The number of anilines is 1. The molecule has 0 aromatic carbocycles. The van der Waals surface area contributed by atoms with Gasteiger partial charge in [-0.05, 0) is 58.8 Å². The largest absolute Gasteiger partial charge is 0.444 e. The van der Waals surface area contributed by atoms with Crippen LogP contribution in [0.5, 0.6) is 0 Å². The van der Waals surface area contributed by atoms with Gasteiger partial charge in [0.1, 0.15) is 5.00 Å². The van der Waals surface area contributed by atoms with Crippen LogP contribution >= 0.6 is 27.3 Å². The van der Waals surface area contributed by atoms with E-state index in [2.05, 4.69) is 28.2 Å². The molecular weight excluding hydrogens is 368 g/mol. The van der Waals surface area contributed by atoms with E-state index in [-0.39, 0.29) is 11.7 Å². The van der Waals surface area contributed by atoms with Crippen molar-refractivity contribution in [2.75, 3.05) is 5.32 Å². The van der Waals surface area contributed by atoms with Gasteiger partial charge in [-0.3, -0.25) is 9.59 Å². The first-order valence-electron chi connectivity index (χ1n) is 6.96. The first-order valence-corrected chi connectivity index (χ1v) is 8.57. The van der Waals surface area contributed by atoms with E-state index in [0.717, 1.165) is 29.7 Å². The zero-order valence-electron chi connectivity index (χ0n) is 11.9. The van der Waals surface area contributed by atoms with E-state index in [0.29, 0.717) is 21.2 Å². The summed E-state index contributed by atoms with van der Waals surface area (Å²) in [5, 5.41) is 3.28. The predicted molar refractivity (Wildman–Crippen MR) is 88.4 cm³/mol. The Balaban J connectivity index is 1.93. The average Bonchev–Trinajstić information content (AvgIpc) is 3.01. The molecule has 0 bridgehead atoms. The van der Waals surface area contributed by atoms with Gasteiger partial charge in [-0.15, -0.1) is 11.3 Å². The van der Waals surface area contributed by atoms with E-state index in [4.69, 9.17) is 10.2 Å². The zero-order valence-corrected chi connectivity index (χ0v) is 14.3. The Kier molecular flexibility index (Phi) is 4.10. The average molecular weight is 383 g/mol. The highest BCUT2D eigenvalue weighted by Gasteiger charge is 2.27. The van der Waals surface area contributed by atoms with Crippen LogP contribution in [0.25, 0.3) is 0 Å². The van der Waals surface area contributed by atoms with Crippen molar-refractivity contribution in [2.45, 2.75) is 26.2 Å². The van der Waals surface area contributed by atoms with Gasteiger partial charge >= 0.3 is 0 Å². The van der Waals surface area contributed by atoms with Crippen molar-refractivity contribution < 1.29 is 14.0 Å². The molecule has 0 unspecified atom stereocenters. The summed E-state index contributed by atoms with van der Waals surface area (Å²) in [6.07, 6.45) is 2.78. The maximum absolute atomic E-state index is 12.2. The molecule has 2 heterocycles. The molecule has 0 saturated carbocycles. The van der Waals surface area contributed by atoms with E-state index in [1.807, 2.05) is 0 Å². The van der Waals surface area contributed by atoms with Crippen LogP contribution in [0.4, 0.5) is 5.00 Å². The fourth-order valence-corrected chi connectivity index (χ4v) is 4.42. The first kappa shape index (κ1) is 15.3. The molecular formula is C15H15BrN2O3S. The molecule has 0 fully saturated rings. The van der Waals surface area contributed by atoms with Crippen LogP contribution in [0.2, 0.25) is 0 Å². The number of primary amides is 1. The summed E-state index contributed by atoms with van der Waals surface area (Å²) in [5.74, 6) is -0.124. The third-order valence-corrected chi connectivity index (χ3v) is 5.38. The van der Waals surface area contributed by atoms with Gasteiger partial charge in [-0.25, -0.2) is 0 Å². The van der Waals surface area contributed by atoms with Gasteiger partial charge in [0.05, 0.1) is 5.56 Å². The van der Waals surface area contributed by atoms with Crippen molar-refractivity contribution in [1.82, 2.24) is 0 Å². The molecule has 116 valence electrons. The third kappa shape index (κ3) is 2.83. The number of halogens is 1. The minimum Gasteiger partial charge on any atom is -0.444 e. The molecule has 3 rings (SSSR count). The minimum atomic E-state index is -0.497. The number of fused-ring (bicyclic) bond motifs is 1. The van der Waals surface area contributed by atoms with Crippen molar-refractivity contribution in [3.8, 4) is 0 Å². The molecule has 0 radical (unpaired) electrons. The number of hydrogen-bond acceptors (Lipinski definition) is 4. The minimum absolute atomic E-state index is 0.182. The standard InChI is InChI=1S/C15H15BrN2O3S/c1-7-2-3-8-10(6-7)22-15(12(8)13(17)19)18-14(20)9-4-5-11(16)21-9/h4-5,7H,2-3,6H2,1H3,(H2,17,19)(H,18,20)/t7-/m0/s1. The summed E-state index contributed by atoms with van der Waals surface area (Å²) in [5.41, 5.74) is 6.96. The lowest BCUT2D eigenvalue weighted by Gasteiger charge is -2.18. The summed E-state index contributed by atoms with van der Waals surface area (Å²) < 4.78 is 5.71. The summed E-state index contributed by atoms with van der Waals surface area (Å²) in [6, 6.07) is 3.21. The van der Waals surface area contributed by atoms with E-state index < -0.39 is 5.91 Å². The Labute approximate surface area is 140 Å². The second-order valence-corrected chi connectivity index (χ2v) is 7.36. The Morgan fingerprint density at radius 2 is 2.23 bits per heavy atom. The maximum atomic E-state index is 12.2. The van der Waals surface area contributed by atoms with Crippen molar-refractivity contribution in [3.05, 3.63) is 38.6 Å². The van der Waals surface area contributed by atoms with Crippen LogP contribution in [-0.4, -0.2) is 11.8 Å². The molecule has 22 heavy (non-hydrogen) atoms. The SMILES string of the molecule is C[C@H]1CCc2c(sc(NC(=O)c3ccc(Br)o3)c2C(N)=O)C1. The van der Waals surface area contributed by atoms with Crippen LogP contribution < -0.4 is 11.1 Å². The van der Waals surface area contributed by atoms with Crippen molar-refractivity contribution in [3.63, 3.8) is 0 Å². The number of nitrogens with two attached hydrogens (primary N) is 1. The lowest BCUT2D eigenvalue weighted by atomic mass is 9.88. The summed E-state index contributed by atoms with van der Waals surface area (Å²) in [7, 11) is 0. The van der Waals surface area contributed by atoms with Gasteiger partial charge in [0.2, 0.25) is 0 Å². The highest BCUT2D eigenvalue weighted by atomic mass is 79.9. The fourth-order valence-electron chi connectivity index (χ4n) is 2.70. The number of hydrogen-bond donors (Lipinski definition) is 2. The molecule has 7 heteroatoms. The Morgan fingerprint density at radius 3 is 2.86 bits per heavy atom. The van der Waals surface area contributed by atoms with Crippen LogP contribution in [0, 0.1) is 5.92 Å². The number of thiophene rings is 1. The fraction of sp³-hybridized carbons (Fsp3) is 0.333. The monoisotopic (exact) mass is 382 g/mol. The number of rotatable bonds is 3. The second-order valence-electron chi connectivity index (χ2n) is 5.48. The Morgan fingerprint density at radius 1 is 1.45 bits per heavy atom. The summed E-state index contributed by atoms with van der Waals surface area (Å²) in [4.78, 5) is 25.2. The van der Waals surface area contributed by atoms with Gasteiger partial charge < -0.3 is 15.5 Å². The Bertz CT molecular complexity index is 750. The van der Waals surface area contributed by atoms with Crippen molar-refractivity contribution >= 4 is 44.1 Å². The molecule has 0 spiro atoms. The number of carbonyl (C=O) groups excluding carboxylic acids is 2. The third-order valence-electron chi connectivity index (χ3n) is 3.78. The quantitative estimate of drug-likeness (QED) is 0.850. The van der Waals surface area contributed by atoms with Crippen molar-refractivity contribution in [1.29, 1.82) is 0 Å². The second kappa shape index (κ2) is 5.89. The maximum Gasteiger partial charge on any atom is 0.292 e. The number of nitrogens with one attached hydrogen (secondary N) is 1. The van der Waals surface area contributed by atoms with Gasteiger partial charge in [0, 0.05) is 4.88 Å². The van der Waals surface area contributed by atoms with Crippen LogP contribution in [0.3, 0.4) is 0 Å². The molecule has 5 nitrogen and oxygen atoms in total. The van der Waals surface area contributed by atoms with Gasteiger partial charge in [-0.1, -0.05) is 6.92 Å². The normalized spacial score (nSPS) is 17.1. The Hall–Kier alpha value is -1.60. The first-order chi connectivity index (χ1) is 10.5. The molecule has 3 N–H and O–H groups in total. The molecule has 1 atom stereocenters. The van der Waals surface area contributed by atoms with Gasteiger partial charge in [0.15, 0.2) is 10.4 Å². The van der Waals surface area contributed by atoms with Crippen LogP contribution in [0.15, 0.2) is 21.2 Å². The molecule has 1 aliphatic carbocycles. The molecule has 2 aromatic heterocycles. The molecule has 0 aliphatic heterocycles. The van der Waals surface area contributed by atoms with Crippen LogP contribution in [-0.2, 0) is 12.8 Å². The van der Waals surface area contributed by atoms with Gasteiger partial charge in [-0.2, -0.15) is 0 Å². The smallest absolute Gasteiger partial charge is 0.292 e. The molecule has 2 aromatic rings. The molecule has 2 amide bonds. The molecule has 0 saturated heterocycles. The number of amides is 2. The predicted octanol–water partition coefficient (Wildman–Crippen LogP) is 3.58. The van der Waals surface area contributed by atoms with E-state index in [9.17, 15) is 9.59 Å². The summed E-state index contributed by atoms with van der Waals surface area (Å²) >= 11 is 4.60. The van der Waals surface area contributed by atoms with E-state index in [1.54, 1.807) is 12.1 Å². The van der Waals surface area contributed by atoms with Crippen molar-refractivity contribution in [2.24, 2.45) is 11.7 Å². The van der Waals surface area contributed by atoms with E-state index >= 15 is 0 Å². The lowest BCUT2D eigenvalue weighted by molar-refractivity contribution is 0.0996.